The quantitative estimate of drug-likeness (QED) is 0.879. The molecule has 0 bridgehead atoms. The summed E-state index contributed by atoms with van der Waals surface area (Å²) in [5.41, 5.74) is -0.129. The summed E-state index contributed by atoms with van der Waals surface area (Å²) >= 11 is 0. The van der Waals surface area contributed by atoms with Crippen LogP contribution in [0.3, 0.4) is 0 Å². The second-order valence-corrected chi connectivity index (χ2v) is 5.32. The third-order valence-corrected chi connectivity index (χ3v) is 3.77. The van der Waals surface area contributed by atoms with Crippen molar-refractivity contribution in [3.8, 4) is 0 Å². The lowest BCUT2D eigenvalue weighted by atomic mass is 10.1. The van der Waals surface area contributed by atoms with E-state index in [-0.39, 0.29) is 23.3 Å². The topological polar surface area (TPSA) is 69.6 Å². The lowest BCUT2D eigenvalue weighted by Gasteiger charge is -2.27. The van der Waals surface area contributed by atoms with E-state index >= 15 is 0 Å². The summed E-state index contributed by atoms with van der Waals surface area (Å²) in [6.07, 6.45) is 3.99. The Bertz CT molecular complexity index is 548. The van der Waals surface area contributed by atoms with Gasteiger partial charge in [0.25, 0.3) is 0 Å². The fourth-order valence-electron chi connectivity index (χ4n) is 2.57. The number of likely N-dealkylation sites (tertiary alicyclic amines) is 1. The smallest absolute Gasteiger partial charge is 0.337 e. The number of benzene rings is 1. The van der Waals surface area contributed by atoms with E-state index in [1.807, 2.05) is 6.92 Å². The Hall–Kier alpha value is -2.11. The average molecular weight is 294 g/mol. The van der Waals surface area contributed by atoms with Crippen LogP contribution < -0.4 is 5.32 Å². The number of hydrogen-bond acceptors (Lipinski definition) is 2. The van der Waals surface area contributed by atoms with Gasteiger partial charge in [-0.2, -0.15) is 0 Å². The van der Waals surface area contributed by atoms with E-state index < -0.39 is 11.8 Å². The fraction of sp³-hybridized carbons (Fsp3) is 0.467. The molecule has 2 rings (SSSR count). The lowest BCUT2D eigenvalue weighted by Crippen LogP contribution is -2.41. The molecule has 5 nitrogen and oxygen atoms in total. The van der Waals surface area contributed by atoms with Crippen LogP contribution in [0.1, 0.15) is 43.0 Å². The molecule has 1 fully saturated rings. The summed E-state index contributed by atoms with van der Waals surface area (Å²) in [5, 5.41) is 11.6. The number of carboxylic acids is 1. The molecule has 0 saturated carbocycles. The number of nitrogens with one attached hydrogen (secondary N) is 1. The van der Waals surface area contributed by atoms with E-state index in [0.29, 0.717) is 6.54 Å². The molecule has 1 unspecified atom stereocenters. The number of rotatable bonds is 2. The third kappa shape index (κ3) is 3.71. The molecule has 1 atom stereocenters. The Kier molecular flexibility index (Phi) is 4.77. The molecule has 2 amide bonds. The van der Waals surface area contributed by atoms with Crippen LogP contribution in [0.15, 0.2) is 18.2 Å². The van der Waals surface area contributed by atoms with Crippen molar-refractivity contribution in [2.24, 2.45) is 0 Å². The van der Waals surface area contributed by atoms with Gasteiger partial charge in [0, 0.05) is 12.6 Å². The van der Waals surface area contributed by atoms with Crippen molar-refractivity contribution in [1.29, 1.82) is 0 Å². The number of aromatic carboxylic acids is 1. The SMILES string of the molecule is CC1CCCCCN1C(=O)Nc1cc(F)ccc1C(=O)O. The molecule has 0 spiro atoms. The molecule has 1 aromatic carbocycles. The van der Waals surface area contributed by atoms with E-state index in [1.165, 1.54) is 0 Å². The molecule has 0 radical (unpaired) electrons. The molecule has 21 heavy (non-hydrogen) atoms. The van der Waals surface area contributed by atoms with Crippen LogP contribution in [0, 0.1) is 5.82 Å². The number of anilines is 1. The van der Waals surface area contributed by atoms with Gasteiger partial charge in [-0.1, -0.05) is 12.8 Å². The number of carbonyl (C=O) groups excluding carboxylic acids is 1. The maximum atomic E-state index is 13.3. The molecule has 2 N–H and O–H groups in total. The molecule has 1 saturated heterocycles. The Balaban J connectivity index is 2.18. The van der Waals surface area contributed by atoms with Crippen molar-refractivity contribution in [2.45, 2.75) is 38.6 Å². The molecule has 1 heterocycles. The lowest BCUT2D eigenvalue weighted by molar-refractivity contribution is 0.0698. The van der Waals surface area contributed by atoms with E-state index in [0.717, 1.165) is 43.9 Å². The van der Waals surface area contributed by atoms with Gasteiger partial charge >= 0.3 is 12.0 Å². The zero-order valence-electron chi connectivity index (χ0n) is 11.9. The maximum absolute atomic E-state index is 13.3. The van der Waals surface area contributed by atoms with Crippen molar-refractivity contribution in [2.75, 3.05) is 11.9 Å². The maximum Gasteiger partial charge on any atom is 0.337 e. The first-order valence-electron chi connectivity index (χ1n) is 7.09. The van der Waals surface area contributed by atoms with Gasteiger partial charge in [0.15, 0.2) is 0 Å². The minimum absolute atomic E-state index is 0.0102. The van der Waals surface area contributed by atoms with E-state index in [1.54, 1.807) is 4.90 Å². The highest BCUT2D eigenvalue weighted by molar-refractivity contribution is 6.00. The molecular weight excluding hydrogens is 275 g/mol. The highest BCUT2D eigenvalue weighted by Gasteiger charge is 2.23. The largest absolute Gasteiger partial charge is 0.478 e. The molecule has 1 aromatic rings. The van der Waals surface area contributed by atoms with Gasteiger partial charge in [0.1, 0.15) is 5.82 Å². The first kappa shape index (κ1) is 15.3. The number of amides is 2. The van der Waals surface area contributed by atoms with Crippen LogP contribution in [0.4, 0.5) is 14.9 Å². The summed E-state index contributed by atoms with van der Waals surface area (Å²) in [6, 6.07) is 2.96. The highest BCUT2D eigenvalue weighted by atomic mass is 19.1. The zero-order valence-corrected chi connectivity index (χ0v) is 11.9. The molecular formula is C15H19FN2O3. The third-order valence-electron chi connectivity index (χ3n) is 3.77. The molecule has 1 aliphatic heterocycles. The predicted molar refractivity (Wildman–Crippen MR) is 77.0 cm³/mol. The molecule has 1 aliphatic rings. The highest BCUT2D eigenvalue weighted by Crippen LogP contribution is 2.21. The Labute approximate surface area is 122 Å². The summed E-state index contributed by atoms with van der Waals surface area (Å²) in [6.45, 7) is 2.60. The molecule has 6 heteroatoms. The molecule has 0 aromatic heterocycles. The van der Waals surface area contributed by atoms with Crippen LogP contribution in [0.5, 0.6) is 0 Å². The number of nitrogens with zero attached hydrogens (tertiary/aromatic N) is 1. The summed E-state index contributed by atoms with van der Waals surface area (Å²) in [7, 11) is 0. The van der Waals surface area contributed by atoms with Gasteiger partial charge in [-0.05, 0) is 38.0 Å². The van der Waals surface area contributed by atoms with Gasteiger partial charge < -0.3 is 15.3 Å². The minimum atomic E-state index is -1.20. The Morgan fingerprint density at radius 2 is 2.10 bits per heavy atom. The number of halogens is 1. The van der Waals surface area contributed by atoms with E-state index in [4.69, 9.17) is 5.11 Å². The van der Waals surface area contributed by atoms with Crippen LogP contribution in [-0.2, 0) is 0 Å². The van der Waals surface area contributed by atoms with Crippen molar-refractivity contribution in [3.63, 3.8) is 0 Å². The van der Waals surface area contributed by atoms with Crippen molar-refractivity contribution < 1.29 is 19.1 Å². The monoisotopic (exact) mass is 294 g/mol. The van der Waals surface area contributed by atoms with Gasteiger partial charge in [-0.15, -0.1) is 0 Å². The number of hydrogen-bond donors (Lipinski definition) is 2. The van der Waals surface area contributed by atoms with Crippen LogP contribution in [-0.4, -0.2) is 34.6 Å². The standard InChI is InChI=1S/C15H19FN2O3/c1-10-5-3-2-4-8-18(10)15(21)17-13-9-11(16)6-7-12(13)14(19)20/h6-7,9-10H,2-5,8H2,1H3,(H,17,21)(H,19,20). The van der Waals surface area contributed by atoms with Gasteiger partial charge in [0.2, 0.25) is 0 Å². The number of urea groups is 1. The molecule has 114 valence electrons. The normalized spacial score (nSPS) is 19.0. The van der Waals surface area contributed by atoms with Gasteiger partial charge in [0.05, 0.1) is 11.3 Å². The Morgan fingerprint density at radius 3 is 2.81 bits per heavy atom. The van der Waals surface area contributed by atoms with Crippen molar-refractivity contribution in [3.05, 3.63) is 29.6 Å². The second kappa shape index (κ2) is 6.56. The Morgan fingerprint density at radius 1 is 1.33 bits per heavy atom. The average Bonchev–Trinajstić information content (AvgIpc) is 2.63. The van der Waals surface area contributed by atoms with E-state index in [9.17, 15) is 14.0 Å². The summed E-state index contributed by atoms with van der Waals surface area (Å²) in [4.78, 5) is 25.1. The van der Waals surface area contributed by atoms with Crippen molar-refractivity contribution in [1.82, 2.24) is 4.90 Å². The number of carboxylic acid groups (broad SMARTS) is 1. The van der Waals surface area contributed by atoms with Crippen molar-refractivity contribution >= 4 is 17.7 Å². The van der Waals surface area contributed by atoms with Crippen LogP contribution in [0.25, 0.3) is 0 Å². The van der Waals surface area contributed by atoms with Gasteiger partial charge in [-0.3, -0.25) is 0 Å². The summed E-state index contributed by atoms with van der Waals surface area (Å²) < 4.78 is 13.3. The zero-order chi connectivity index (χ0) is 15.4. The van der Waals surface area contributed by atoms with Crippen LogP contribution >= 0.6 is 0 Å². The molecule has 0 aliphatic carbocycles. The predicted octanol–water partition coefficient (Wildman–Crippen LogP) is 3.32. The summed E-state index contributed by atoms with van der Waals surface area (Å²) in [5.74, 6) is -1.78. The minimum Gasteiger partial charge on any atom is -0.478 e. The number of carbonyl (C=O) groups is 2. The van der Waals surface area contributed by atoms with E-state index in [2.05, 4.69) is 5.32 Å². The first-order valence-corrected chi connectivity index (χ1v) is 7.09. The van der Waals surface area contributed by atoms with Gasteiger partial charge in [-0.25, -0.2) is 14.0 Å². The fourth-order valence-corrected chi connectivity index (χ4v) is 2.57. The second-order valence-electron chi connectivity index (χ2n) is 5.32. The first-order chi connectivity index (χ1) is 9.99. The van der Waals surface area contributed by atoms with Crippen LogP contribution in [0.2, 0.25) is 0 Å².